The van der Waals surface area contributed by atoms with E-state index in [1.54, 1.807) is 18.2 Å². The Labute approximate surface area is 124 Å². The second-order valence-corrected chi connectivity index (χ2v) is 4.71. The Morgan fingerprint density at radius 1 is 1.25 bits per heavy atom. The van der Waals surface area contributed by atoms with Crippen molar-refractivity contribution in [3.05, 3.63) is 57.6 Å². The largest absolute Gasteiger partial charge is 0.352 e. The molecule has 0 atom stereocenters. The Bertz CT molecular complexity index is 637. The minimum Gasteiger partial charge on any atom is -0.352 e. The zero-order valence-electron chi connectivity index (χ0n) is 10.2. The van der Waals surface area contributed by atoms with E-state index in [1.165, 1.54) is 12.1 Å². The van der Waals surface area contributed by atoms with Crippen LogP contribution in [0.5, 0.6) is 0 Å². The summed E-state index contributed by atoms with van der Waals surface area (Å²) in [5, 5.41) is 9.73. The van der Waals surface area contributed by atoms with Gasteiger partial charge in [0.15, 0.2) is 10.3 Å². The van der Waals surface area contributed by atoms with Crippen molar-refractivity contribution in [3.8, 4) is 0 Å². The number of amides is 1. The first-order chi connectivity index (χ1) is 9.58. The first-order valence-electron chi connectivity index (χ1n) is 5.78. The van der Waals surface area contributed by atoms with Crippen molar-refractivity contribution in [2.75, 3.05) is 6.54 Å². The molecule has 1 heterocycles. The number of aromatic nitrogens is 2. The highest BCUT2D eigenvalue weighted by molar-refractivity contribution is 6.34. The maximum Gasteiger partial charge on any atom is 0.254 e. The van der Waals surface area contributed by atoms with Crippen molar-refractivity contribution in [2.24, 2.45) is 0 Å². The SMILES string of the molecule is O=C(NCCc1ccccc1F)c1cc(Cl)nnc1Cl. The van der Waals surface area contributed by atoms with Crippen LogP contribution in [0.25, 0.3) is 0 Å². The molecule has 2 aromatic rings. The van der Waals surface area contributed by atoms with Gasteiger partial charge in [0.2, 0.25) is 0 Å². The van der Waals surface area contributed by atoms with Gasteiger partial charge in [-0.05, 0) is 24.1 Å². The number of nitrogens with zero attached hydrogens (tertiary/aromatic N) is 2. The van der Waals surface area contributed by atoms with Gasteiger partial charge in [0.25, 0.3) is 5.91 Å². The van der Waals surface area contributed by atoms with E-state index in [0.717, 1.165) is 0 Å². The number of hydrogen-bond donors (Lipinski definition) is 1. The van der Waals surface area contributed by atoms with E-state index in [9.17, 15) is 9.18 Å². The Morgan fingerprint density at radius 2 is 2.00 bits per heavy atom. The third-order valence-corrected chi connectivity index (χ3v) is 3.07. The molecule has 0 aliphatic heterocycles. The predicted molar refractivity (Wildman–Crippen MR) is 74.5 cm³/mol. The molecule has 1 aromatic heterocycles. The first-order valence-corrected chi connectivity index (χ1v) is 6.54. The number of carbonyl (C=O) groups is 1. The van der Waals surface area contributed by atoms with Gasteiger partial charge in [-0.2, -0.15) is 0 Å². The number of nitrogens with one attached hydrogen (secondary N) is 1. The molecule has 0 bridgehead atoms. The molecule has 104 valence electrons. The fourth-order valence-electron chi connectivity index (χ4n) is 1.62. The Morgan fingerprint density at radius 3 is 2.75 bits per heavy atom. The van der Waals surface area contributed by atoms with Crippen LogP contribution >= 0.6 is 23.2 Å². The van der Waals surface area contributed by atoms with Gasteiger partial charge in [0, 0.05) is 6.54 Å². The van der Waals surface area contributed by atoms with E-state index in [2.05, 4.69) is 15.5 Å². The van der Waals surface area contributed by atoms with Crippen molar-refractivity contribution in [2.45, 2.75) is 6.42 Å². The van der Waals surface area contributed by atoms with Gasteiger partial charge in [0.05, 0.1) is 5.56 Å². The first kappa shape index (κ1) is 14.7. The van der Waals surface area contributed by atoms with Crippen molar-refractivity contribution in [3.63, 3.8) is 0 Å². The Balaban J connectivity index is 1.96. The summed E-state index contributed by atoms with van der Waals surface area (Å²) in [7, 11) is 0. The topological polar surface area (TPSA) is 54.9 Å². The van der Waals surface area contributed by atoms with Crippen molar-refractivity contribution < 1.29 is 9.18 Å². The lowest BCUT2D eigenvalue weighted by molar-refractivity contribution is 0.0953. The number of benzene rings is 1. The van der Waals surface area contributed by atoms with Crippen LogP contribution in [0.2, 0.25) is 10.3 Å². The third kappa shape index (κ3) is 3.65. The van der Waals surface area contributed by atoms with Crippen LogP contribution in [-0.4, -0.2) is 22.6 Å². The molecule has 0 radical (unpaired) electrons. The summed E-state index contributed by atoms with van der Waals surface area (Å²) >= 11 is 11.4. The minimum absolute atomic E-state index is 0.0298. The van der Waals surface area contributed by atoms with Gasteiger partial charge in [-0.1, -0.05) is 41.4 Å². The Hall–Kier alpha value is -1.72. The molecule has 0 spiro atoms. The second kappa shape index (κ2) is 6.63. The smallest absolute Gasteiger partial charge is 0.254 e. The summed E-state index contributed by atoms with van der Waals surface area (Å²) in [4.78, 5) is 11.9. The zero-order chi connectivity index (χ0) is 14.5. The zero-order valence-corrected chi connectivity index (χ0v) is 11.7. The van der Waals surface area contributed by atoms with Gasteiger partial charge < -0.3 is 5.32 Å². The fraction of sp³-hybridized carbons (Fsp3) is 0.154. The summed E-state index contributed by atoms with van der Waals surface area (Å²) < 4.78 is 13.4. The Kier molecular flexibility index (Phi) is 4.87. The highest BCUT2D eigenvalue weighted by Gasteiger charge is 2.12. The molecule has 0 unspecified atom stereocenters. The maximum absolute atomic E-state index is 13.4. The lowest BCUT2D eigenvalue weighted by Gasteiger charge is -2.07. The van der Waals surface area contributed by atoms with Gasteiger partial charge in [0.1, 0.15) is 5.82 Å². The van der Waals surface area contributed by atoms with Crippen LogP contribution in [0.3, 0.4) is 0 Å². The lowest BCUT2D eigenvalue weighted by Crippen LogP contribution is -2.26. The van der Waals surface area contributed by atoms with Crippen LogP contribution in [0.1, 0.15) is 15.9 Å². The van der Waals surface area contributed by atoms with E-state index in [4.69, 9.17) is 23.2 Å². The maximum atomic E-state index is 13.4. The van der Waals surface area contributed by atoms with Crippen LogP contribution in [0.15, 0.2) is 30.3 Å². The highest BCUT2D eigenvalue weighted by Crippen LogP contribution is 2.15. The molecule has 1 amide bonds. The number of hydrogen-bond acceptors (Lipinski definition) is 3. The van der Waals surface area contributed by atoms with E-state index < -0.39 is 5.91 Å². The van der Waals surface area contributed by atoms with E-state index in [0.29, 0.717) is 12.0 Å². The molecule has 0 aliphatic carbocycles. The average Bonchev–Trinajstić information content (AvgIpc) is 2.43. The summed E-state index contributed by atoms with van der Waals surface area (Å²) in [5.41, 5.74) is 0.671. The summed E-state index contributed by atoms with van der Waals surface area (Å²) in [5.74, 6) is -0.725. The van der Waals surface area contributed by atoms with Crippen molar-refractivity contribution >= 4 is 29.1 Å². The lowest BCUT2D eigenvalue weighted by atomic mass is 10.1. The molecule has 1 N–H and O–H groups in total. The summed E-state index contributed by atoms with van der Waals surface area (Å²) in [6.07, 6.45) is 0.377. The van der Waals surface area contributed by atoms with Crippen molar-refractivity contribution in [1.29, 1.82) is 0 Å². The average molecular weight is 314 g/mol. The van der Waals surface area contributed by atoms with Crippen LogP contribution < -0.4 is 5.32 Å². The molecule has 20 heavy (non-hydrogen) atoms. The quantitative estimate of drug-likeness (QED) is 0.944. The van der Waals surface area contributed by atoms with Crippen LogP contribution in [-0.2, 0) is 6.42 Å². The molecule has 4 nitrogen and oxygen atoms in total. The molecule has 0 aliphatic rings. The summed E-state index contributed by atoms with van der Waals surface area (Å²) in [6, 6.07) is 7.72. The summed E-state index contributed by atoms with van der Waals surface area (Å²) in [6.45, 7) is 0.274. The van der Waals surface area contributed by atoms with Gasteiger partial charge >= 0.3 is 0 Å². The van der Waals surface area contributed by atoms with E-state index in [1.807, 2.05) is 0 Å². The van der Waals surface area contributed by atoms with E-state index >= 15 is 0 Å². The molecule has 0 fully saturated rings. The van der Waals surface area contributed by atoms with Crippen LogP contribution in [0, 0.1) is 5.82 Å². The third-order valence-electron chi connectivity index (χ3n) is 2.60. The highest BCUT2D eigenvalue weighted by atomic mass is 35.5. The molecular formula is C13H10Cl2FN3O. The number of carbonyl (C=O) groups excluding carboxylic acids is 1. The molecular weight excluding hydrogens is 304 g/mol. The van der Waals surface area contributed by atoms with Gasteiger partial charge in [-0.3, -0.25) is 4.79 Å². The van der Waals surface area contributed by atoms with Crippen LogP contribution in [0.4, 0.5) is 4.39 Å². The molecule has 0 saturated carbocycles. The molecule has 0 saturated heterocycles. The second-order valence-electron chi connectivity index (χ2n) is 3.97. The number of rotatable bonds is 4. The standard InChI is InChI=1S/C13H10Cl2FN3O/c14-11-7-9(12(15)19-18-11)13(20)17-6-5-8-3-1-2-4-10(8)16/h1-4,7H,5-6H2,(H,17,20). The van der Waals surface area contributed by atoms with E-state index in [-0.39, 0.29) is 28.2 Å². The van der Waals surface area contributed by atoms with Crippen molar-refractivity contribution in [1.82, 2.24) is 15.5 Å². The molecule has 7 heteroatoms. The fourth-order valence-corrected chi connectivity index (χ4v) is 1.94. The number of halogens is 3. The predicted octanol–water partition coefficient (Wildman–Crippen LogP) is 2.90. The normalized spacial score (nSPS) is 10.3. The molecule has 2 rings (SSSR count). The monoisotopic (exact) mass is 313 g/mol. The van der Waals surface area contributed by atoms with Gasteiger partial charge in [-0.15, -0.1) is 10.2 Å². The van der Waals surface area contributed by atoms with Gasteiger partial charge in [-0.25, -0.2) is 4.39 Å². The minimum atomic E-state index is -0.428. The molecule has 1 aromatic carbocycles.